The van der Waals surface area contributed by atoms with Crippen molar-refractivity contribution in [2.24, 2.45) is 0 Å². The van der Waals surface area contributed by atoms with E-state index >= 15 is 0 Å². The Balaban J connectivity index is 2.33. The van der Waals surface area contributed by atoms with Crippen molar-refractivity contribution in [1.29, 1.82) is 5.26 Å². The van der Waals surface area contributed by atoms with Gasteiger partial charge in [-0.3, -0.25) is 9.78 Å². The third-order valence-corrected chi connectivity index (χ3v) is 3.73. The van der Waals surface area contributed by atoms with Gasteiger partial charge >= 0.3 is 0 Å². The molecule has 0 bridgehead atoms. The number of carbonyl (C=O) groups is 1. The first-order valence-electron chi connectivity index (χ1n) is 8.64. The molecular formula is C21H23N3O3. The molecule has 0 N–H and O–H groups in total. The number of hydrogen-bond donors (Lipinski definition) is 0. The number of ether oxygens (including phenoxy) is 2. The van der Waals surface area contributed by atoms with Crippen molar-refractivity contribution in [2.75, 3.05) is 20.7 Å². The fraction of sp³-hybridized carbons (Fsp3) is 0.286. The average Bonchev–Trinajstić information content (AvgIpc) is 2.68. The SMILES string of the molecule is CCOc1cc(/C=C(\C#N)c2ccccn2)ccc1O[C@@H](C)C(=O)N(C)C. The Morgan fingerprint density at radius 1 is 1.30 bits per heavy atom. The lowest BCUT2D eigenvalue weighted by molar-refractivity contribution is -0.135. The van der Waals surface area contributed by atoms with Gasteiger partial charge in [-0.25, -0.2) is 0 Å². The maximum absolute atomic E-state index is 12.0. The summed E-state index contributed by atoms with van der Waals surface area (Å²) in [6.45, 7) is 4.01. The molecule has 6 heteroatoms. The van der Waals surface area contributed by atoms with Gasteiger partial charge in [-0.1, -0.05) is 12.1 Å². The number of rotatable bonds is 7. The second-order valence-electron chi connectivity index (χ2n) is 6.02. The fourth-order valence-corrected chi connectivity index (χ4v) is 2.44. The molecule has 27 heavy (non-hydrogen) atoms. The molecule has 0 fully saturated rings. The lowest BCUT2D eigenvalue weighted by Crippen LogP contribution is -2.35. The molecule has 0 aliphatic heterocycles. The molecule has 1 amide bonds. The summed E-state index contributed by atoms with van der Waals surface area (Å²) in [5.74, 6) is 0.861. The molecule has 0 aliphatic carbocycles. The molecule has 2 rings (SSSR count). The highest BCUT2D eigenvalue weighted by Gasteiger charge is 2.18. The minimum absolute atomic E-state index is 0.136. The maximum atomic E-state index is 12.0. The molecule has 1 atom stereocenters. The summed E-state index contributed by atoms with van der Waals surface area (Å²) in [4.78, 5) is 17.7. The van der Waals surface area contributed by atoms with Crippen LogP contribution in [0.25, 0.3) is 11.6 Å². The quantitative estimate of drug-likeness (QED) is 0.703. The molecule has 1 aromatic carbocycles. The van der Waals surface area contributed by atoms with Crippen molar-refractivity contribution in [3.63, 3.8) is 0 Å². The zero-order valence-corrected chi connectivity index (χ0v) is 16.0. The van der Waals surface area contributed by atoms with E-state index in [1.54, 1.807) is 57.6 Å². The molecule has 0 spiro atoms. The van der Waals surface area contributed by atoms with Crippen LogP contribution in [-0.4, -0.2) is 42.6 Å². The van der Waals surface area contributed by atoms with Crippen LogP contribution in [0.1, 0.15) is 25.1 Å². The van der Waals surface area contributed by atoms with Gasteiger partial charge in [0.05, 0.1) is 17.9 Å². The molecule has 0 saturated carbocycles. The van der Waals surface area contributed by atoms with Crippen LogP contribution in [0.3, 0.4) is 0 Å². The van der Waals surface area contributed by atoms with Crippen molar-refractivity contribution in [2.45, 2.75) is 20.0 Å². The summed E-state index contributed by atoms with van der Waals surface area (Å²) < 4.78 is 11.4. The number of nitrogens with zero attached hydrogens (tertiary/aromatic N) is 3. The van der Waals surface area contributed by atoms with E-state index in [9.17, 15) is 10.1 Å². The number of pyridine rings is 1. The standard InChI is InChI=1S/C21H23N3O3/c1-5-26-20-13-16(12-17(14-22)18-8-6-7-11-23-18)9-10-19(20)27-15(2)21(25)24(3)4/h6-13,15H,5H2,1-4H3/b17-12+/t15-/m0/s1. The van der Waals surface area contributed by atoms with Crippen LogP contribution in [0.5, 0.6) is 11.5 Å². The van der Waals surface area contributed by atoms with E-state index in [4.69, 9.17) is 9.47 Å². The average molecular weight is 365 g/mol. The number of likely N-dealkylation sites (N-methyl/N-ethyl adjacent to an activating group) is 1. The largest absolute Gasteiger partial charge is 0.490 e. The van der Waals surface area contributed by atoms with E-state index < -0.39 is 6.10 Å². The van der Waals surface area contributed by atoms with Gasteiger partial charge in [0, 0.05) is 20.3 Å². The van der Waals surface area contributed by atoms with Gasteiger partial charge in [0.1, 0.15) is 6.07 Å². The molecule has 2 aromatic rings. The van der Waals surface area contributed by atoms with Crippen LogP contribution in [0.2, 0.25) is 0 Å². The summed E-state index contributed by atoms with van der Waals surface area (Å²) in [6, 6.07) is 12.9. The van der Waals surface area contributed by atoms with E-state index in [0.29, 0.717) is 29.4 Å². The van der Waals surface area contributed by atoms with Crippen molar-refractivity contribution in [3.05, 3.63) is 53.9 Å². The minimum atomic E-state index is -0.635. The van der Waals surface area contributed by atoms with Gasteiger partial charge in [-0.05, 0) is 49.8 Å². The molecule has 0 unspecified atom stereocenters. The topological polar surface area (TPSA) is 75.5 Å². The van der Waals surface area contributed by atoms with Crippen molar-refractivity contribution >= 4 is 17.6 Å². The molecule has 1 aromatic heterocycles. The summed E-state index contributed by atoms with van der Waals surface area (Å²) in [7, 11) is 3.36. The molecule has 6 nitrogen and oxygen atoms in total. The third-order valence-electron chi connectivity index (χ3n) is 3.73. The number of benzene rings is 1. The normalized spacial score (nSPS) is 12.0. The van der Waals surface area contributed by atoms with E-state index in [-0.39, 0.29) is 5.91 Å². The van der Waals surface area contributed by atoms with Gasteiger partial charge in [-0.15, -0.1) is 0 Å². The number of nitriles is 1. The first kappa shape index (κ1) is 20.0. The number of amides is 1. The van der Waals surface area contributed by atoms with Crippen LogP contribution in [0, 0.1) is 11.3 Å². The summed E-state index contributed by atoms with van der Waals surface area (Å²) in [5, 5.41) is 9.44. The van der Waals surface area contributed by atoms with Crippen LogP contribution >= 0.6 is 0 Å². The van der Waals surface area contributed by atoms with Crippen LogP contribution in [0.15, 0.2) is 42.6 Å². The van der Waals surface area contributed by atoms with E-state index in [1.165, 1.54) is 4.90 Å². The fourth-order valence-electron chi connectivity index (χ4n) is 2.44. The lowest BCUT2D eigenvalue weighted by Gasteiger charge is -2.20. The summed E-state index contributed by atoms with van der Waals surface area (Å²) >= 11 is 0. The van der Waals surface area contributed by atoms with Gasteiger partial charge in [-0.2, -0.15) is 5.26 Å². The van der Waals surface area contributed by atoms with Crippen molar-refractivity contribution in [1.82, 2.24) is 9.88 Å². The van der Waals surface area contributed by atoms with Gasteiger partial charge in [0.2, 0.25) is 0 Å². The molecule has 140 valence electrons. The number of carbonyl (C=O) groups excluding carboxylic acids is 1. The van der Waals surface area contributed by atoms with Crippen molar-refractivity contribution in [3.8, 4) is 17.6 Å². The molecule has 0 aliphatic rings. The predicted molar refractivity (Wildman–Crippen MR) is 104 cm³/mol. The van der Waals surface area contributed by atoms with Crippen molar-refractivity contribution < 1.29 is 14.3 Å². The van der Waals surface area contributed by atoms with Crippen LogP contribution < -0.4 is 9.47 Å². The molecule has 1 heterocycles. The summed E-state index contributed by atoms with van der Waals surface area (Å²) in [6.07, 6.45) is 2.75. The number of aromatic nitrogens is 1. The summed E-state index contributed by atoms with van der Waals surface area (Å²) in [5.41, 5.74) is 1.82. The Bertz CT molecular complexity index is 855. The first-order valence-corrected chi connectivity index (χ1v) is 8.64. The molecular weight excluding hydrogens is 342 g/mol. The van der Waals surface area contributed by atoms with Gasteiger partial charge < -0.3 is 14.4 Å². The predicted octanol–water partition coefficient (Wildman–Crippen LogP) is 3.40. The number of allylic oxidation sites excluding steroid dienone is 1. The highest BCUT2D eigenvalue weighted by molar-refractivity contribution is 5.88. The third kappa shape index (κ3) is 5.32. The van der Waals surface area contributed by atoms with Gasteiger partial charge in [0.25, 0.3) is 5.91 Å². The lowest BCUT2D eigenvalue weighted by atomic mass is 10.1. The van der Waals surface area contributed by atoms with E-state index in [0.717, 1.165) is 5.56 Å². The second-order valence-corrected chi connectivity index (χ2v) is 6.02. The van der Waals surface area contributed by atoms with Crippen LogP contribution in [-0.2, 0) is 4.79 Å². The number of hydrogen-bond acceptors (Lipinski definition) is 5. The second kappa shape index (κ2) is 9.39. The zero-order valence-electron chi connectivity index (χ0n) is 16.0. The smallest absolute Gasteiger partial charge is 0.262 e. The highest BCUT2D eigenvalue weighted by Crippen LogP contribution is 2.31. The Morgan fingerprint density at radius 3 is 2.67 bits per heavy atom. The highest BCUT2D eigenvalue weighted by atomic mass is 16.5. The monoisotopic (exact) mass is 365 g/mol. The Hall–Kier alpha value is -3.33. The van der Waals surface area contributed by atoms with E-state index in [2.05, 4.69) is 11.1 Å². The van der Waals surface area contributed by atoms with Crippen LogP contribution in [0.4, 0.5) is 0 Å². The Labute approximate surface area is 159 Å². The first-order chi connectivity index (χ1) is 13.0. The zero-order chi connectivity index (χ0) is 19.8. The minimum Gasteiger partial charge on any atom is -0.490 e. The van der Waals surface area contributed by atoms with Gasteiger partial charge in [0.15, 0.2) is 17.6 Å². The van der Waals surface area contributed by atoms with E-state index in [1.807, 2.05) is 19.1 Å². The Morgan fingerprint density at radius 2 is 2.07 bits per heavy atom. The maximum Gasteiger partial charge on any atom is 0.262 e. The molecule has 0 saturated heterocycles. The molecule has 0 radical (unpaired) electrons. The Kier molecular flexibility index (Phi) is 6.95.